The van der Waals surface area contributed by atoms with Gasteiger partial charge < -0.3 is 20.6 Å². The van der Waals surface area contributed by atoms with Crippen LogP contribution in [0.15, 0.2) is 18.3 Å². The summed E-state index contributed by atoms with van der Waals surface area (Å²) < 4.78 is 0. The molecule has 2 amide bonds. The van der Waals surface area contributed by atoms with Gasteiger partial charge in [-0.2, -0.15) is 0 Å². The SMILES string of the molecule is CN1CCCCC1CNC(=O)Nc1cccnc1C(=O)O. The Balaban J connectivity index is 1.89. The van der Waals surface area contributed by atoms with Crippen molar-refractivity contribution in [3.8, 4) is 0 Å². The zero-order valence-corrected chi connectivity index (χ0v) is 12.0. The molecule has 7 heteroatoms. The summed E-state index contributed by atoms with van der Waals surface area (Å²) in [4.78, 5) is 28.9. The van der Waals surface area contributed by atoms with Crippen LogP contribution in [-0.2, 0) is 0 Å². The van der Waals surface area contributed by atoms with Crippen LogP contribution < -0.4 is 10.6 Å². The number of nitrogens with one attached hydrogen (secondary N) is 2. The first-order chi connectivity index (χ1) is 10.1. The summed E-state index contributed by atoms with van der Waals surface area (Å²) in [5.41, 5.74) is 0.0296. The van der Waals surface area contributed by atoms with Crippen LogP contribution in [0.3, 0.4) is 0 Å². The van der Waals surface area contributed by atoms with E-state index in [0.29, 0.717) is 12.6 Å². The average Bonchev–Trinajstić information content (AvgIpc) is 2.47. The number of carboxylic acids is 1. The number of amides is 2. The molecule has 2 heterocycles. The van der Waals surface area contributed by atoms with Gasteiger partial charge in [-0.1, -0.05) is 6.42 Å². The van der Waals surface area contributed by atoms with E-state index in [1.54, 1.807) is 6.07 Å². The third-order valence-electron chi connectivity index (χ3n) is 3.68. The number of hydrogen-bond acceptors (Lipinski definition) is 4. The number of carbonyl (C=O) groups excluding carboxylic acids is 1. The number of likely N-dealkylation sites (tertiary alicyclic amines) is 1. The lowest BCUT2D eigenvalue weighted by Crippen LogP contribution is -2.45. The second-order valence-corrected chi connectivity index (χ2v) is 5.17. The van der Waals surface area contributed by atoms with Crippen LogP contribution in [0.4, 0.5) is 10.5 Å². The van der Waals surface area contributed by atoms with Gasteiger partial charge in [0.1, 0.15) is 0 Å². The van der Waals surface area contributed by atoms with Crippen LogP contribution in [-0.4, -0.2) is 53.2 Å². The fourth-order valence-corrected chi connectivity index (χ4v) is 2.46. The van der Waals surface area contributed by atoms with E-state index in [1.807, 2.05) is 7.05 Å². The molecule has 1 unspecified atom stereocenters. The molecule has 1 aliphatic rings. The smallest absolute Gasteiger partial charge is 0.356 e. The number of anilines is 1. The first-order valence-electron chi connectivity index (χ1n) is 7.01. The summed E-state index contributed by atoms with van der Waals surface area (Å²) in [6.07, 6.45) is 4.80. The summed E-state index contributed by atoms with van der Waals surface area (Å²) in [6.45, 7) is 1.59. The molecule has 0 bridgehead atoms. The summed E-state index contributed by atoms with van der Waals surface area (Å²) >= 11 is 0. The molecule has 1 atom stereocenters. The van der Waals surface area contributed by atoms with Gasteiger partial charge in [0.05, 0.1) is 5.69 Å². The number of hydrogen-bond donors (Lipinski definition) is 3. The summed E-state index contributed by atoms with van der Waals surface area (Å²) in [5, 5.41) is 14.3. The Hall–Kier alpha value is -2.15. The molecule has 7 nitrogen and oxygen atoms in total. The van der Waals surface area contributed by atoms with Crippen molar-refractivity contribution in [3.63, 3.8) is 0 Å². The Kier molecular flexibility index (Phi) is 5.10. The van der Waals surface area contributed by atoms with E-state index in [9.17, 15) is 9.59 Å². The number of nitrogens with zero attached hydrogens (tertiary/aromatic N) is 2. The minimum absolute atomic E-state index is 0.164. The maximum absolute atomic E-state index is 11.9. The van der Waals surface area contributed by atoms with Crippen LogP contribution in [0.25, 0.3) is 0 Å². The van der Waals surface area contributed by atoms with Crippen LogP contribution in [0, 0.1) is 0 Å². The number of piperidine rings is 1. The first-order valence-corrected chi connectivity index (χ1v) is 7.01. The van der Waals surface area contributed by atoms with Gasteiger partial charge in [0.15, 0.2) is 5.69 Å². The molecular formula is C14H20N4O3. The molecule has 1 saturated heterocycles. The fourth-order valence-electron chi connectivity index (χ4n) is 2.46. The predicted molar refractivity (Wildman–Crippen MR) is 78.5 cm³/mol. The number of pyridine rings is 1. The van der Waals surface area contributed by atoms with Crippen LogP contribution in [0.2, 0.25) is 0 Å². The molecule has 0 saturated carbocycles. The monoisotopic (exact) mass is 292 g/mol. The molecule has 3 N–H and O–H groups in total. The van der Waals surface area contributed by atoms with Crippen LogP contribution in [0.1, 0.15) is 29.8 Å². The molecule has 21 heavy (non-hydrogen) atoms. The van der Waals surface area contributed by atoms with Crippen molar-refractivity contribution in [2.24, 2.45) is 0 Å². The third-order valence-corrected chi connectivity index (χ3v) is 3.68. The van der Waals surface area contributed by atoms with Gasteiger partial charge >= 0.3 is 12.0 Å². The number of likely N-dealkylation sites (N-methyl/N-ethyl adjacent to an activating group) is 1. The second-order valence-electron chi connectivity index (χ2n) is 5.17. The van der Waals surface area contributed by atoms with Gasteiger partial charge in [0.25, 0.3) is 0 Å². The minimum Gasteiger partial charge on any atom is -0.476 e. The van der Waals surface area contributed by atoms with E-state index >= 15 is 0 Å². The first kappa shape index (κ1) is 15.2. The zero-order chi connectivity index (χ0) is 15.2. The largest absolute Gasteiger partial charge is 0.476 e. The molecule has 0 aromatic carbocycles. The molecule has 2 rings (SSSR count). The molecule has 0 spiro atoms. The van der Waals surface area contributed by atoms with Gasteiger partial charge in [-0.3, -0.25) is 0 Å². The van der Waals surface area contributed by atoms with E-state index in [4.69, 9.17) is 5.11 Å². The minimum atomic E-state index is -1.17. The Bertz CT molecular complexity index is 521. The highest BCUT2D eigenvalue weighted by molar-refractivity contribution is 5.98. The number of carbonyl (C=O) groups is 2. The Morgan fingerprint density at radius 2 is 2.29 bits per heavy atom. The van der Waals surface area contributed by atoms with Gasteiger partial charge in [-0.15, -0.1) is 0 Å². The highest BCUT2D eigenvalue weighted by Gasteiger charge is 2.19. The van der Waals surface area contributed by atoms with Crippen LogP contribution >= 0.6 is 0 Å². The molecule has 0 aliphatic carbocycles. The topological polar surface area (TPSA) is 94.6 Å². The van der Waals surface area contributed by atoms with Gasteiger partial charge in [-0.05, 0) is 38.6 Å². The van der Waals surface area contributed by atoms with Gasteiger partial charge in [0, 0.05) is 18.8 Å². The van der Waals surface area contributed by atoms with Crippen molar-refractivity contribution in [1.82, 2.24) is 15.2 Å². The molecular weight excluding hydrogens is 272 g/mol. The average molecular weight is 292 g/mol. The van der Waals surface area contributed by atoms with E-state index in [-0.39, 0.29) is 11.4 Å². The number of urea groups is 1. The number of carboxylic acid groups (broad SMARTS) is 1. The second kappa shape index (κ2) is 7.03. The fraction of sp³-hybridized carbons (Fsp3) is 0.500. The van der Waals surface area contributed by atoms with Crippen molar-refractivity contribution in [2.45, 2.75) is 25.3 Å². The lowest BCUT2D eigenvalue weighted by Gasteiger charge is -2.32. The number of aromatic nitrogens is 1. The van der Waals surface area contributed by atoms with Crippen molar-refractivity contribution >= 4 is 17.7 Å². The third kappa shape index (κ3) is 4.16. The maximum Gasteiger partial charge on any atom is 0.356 e. The van der Waals surface area contributed by atoms with E-state index < -0.39 is 12.0 Å². The molecule has 0 radical (unpaired) electrons. The normalized spacial score (nSPS) is 19.0. The Morgan fingerprint density at radius 1 is 1.48 bits per heavy atom. The maximum atomic E-state index is 11.9. The number of rotatable bonds is 4. The van der Waals surface area contributed by atoms with Gasteiger partial charge in [-0.25, -0.2) is 14.6 Å². The highest BCUT2D eigenvalue weighted by Crippen LogP contribution is 2.14. The van der Waals surface area contributed by atoms with E-state index in [0.717, 1.165) is 13.0 Å². The molecule has 1 aliphatic heterocycles. The van der Waals surface area contributed by atoms with Crippen molar-refractivity contribution in [1.29, 1.82) is 0 Å². The molecule has 1 fully saturated rings. The predicted octanol–water partition coefficient (Wildman–Crippen LogP) is 1.39. The lowest BCUT2D eigenvalue weighted by molar-refractivity contribution is 0.0691. The molecule has 1 aromatic rings. The van der Waals surface area contributed by atoms with E-state index in [1.165, 1.54) is 25.1 Å². The van der Waals surface area contributed by atoms with Crippen LogP contribution in [0.5, 0.6) is 0 Å². The lowest BCUT2D eigenvalue weighted by atomic mass is 10.0. The van der Waals surface area contributed by atoms with Gasteiger partial charge in [0.2, 0.25) is 0 Å². The Labute approximate surface area is 123 Å². The quantitative estimate of drug-likeness (QED) is 0.779. The Morgan fingerprint density at radius 3 is 3.00 bits per heavy atom. The zero-order valence-electron chi connectivity index (χ0n) is 12.0. The van der Waals surface area contributed by atoms with E-state index in [2.05, 4.69) is 20.5 Å². The molecule has 114 valence electrons. The molecule has 1 aromatic heterocycles. The summed E-state index contributed by atoms with van der Waals surface area (Å²) in [5.74, 6) is -1.17. The van der Waals surface area contributed by atoms with Crippen molar-refractivity contribution in [2.75, 3.05) is 25.5 Å². The van der Waals surface area contributed by atoms with Crippen molar-refractivity contribution in [3.05, 3.63) is 24.0 Å². The van der Waals surface area contributed by atoms with Crippen molar-refractivity contribution < 1.29 is 14.7 Å². The standard InChI is InChI=1S/C14H20N4O3/c1-18-8-3-2-5-10(18)9-16-14(21)17-11-6-4-7-15-12(11)13(19)20/h4,6-7,10H,2-3,5,8-9H2,1H3,(H,19,20)(H2,16,17,21). The summed E-state index contributed by atoms with van der Waals surface area (Å²) in [6, 6.07) is 3.02. The highest BCUT2D eigenvalue weighted by atomic mass is 16.4. The number of aromatic carboxylic acids is 1. The summed E-state index contributed by atoms with van der Waals surface area (Å²) in [7, 11) is 2.05.